The maximum absolute atomic E-state index is 11.4. The van der Waals surface area contributed by atoms with Crippen molar-refractivity contribution in [2.75, 3.05) is 67.6 Å². The molecular formula is C26H39ClN6OS. The molecule has 2 atom stereocenters. The molecule has 0 aliphatic carbocycles. The third-order valence-corrected chi connectivity index (χ3v) is 8.07. The second kappa shape index (κ2) is 11.9. The molecule has 2 aliphatic heterocycles. The van der Waals surface area contributed by atoms with Crippen LogP contribution in [0.2, 0.25) is 5.02 Å². The number of hydrogen-bond donors (Lipinski definition) is 1. The molecule has 0 saturated carbocycles. The minimum Gasteiger partial charge on any atom is -0.378 e. The van der Waals surface area contributed by atoms with Gasteiger partial charge in [0.25, 0.3) is 0 Å². The van der Waals surface area contributed by atoms with Crippen molar-refractivity contribution >= 4 is 39.8 Å². The summed E-state index contributed by atoms with van der Waals surface area (Å²) in [7, 11) is 3.02. The Labute approximate surface area is 218 Å². The molecule has 0 spiro atoms. The van der Waals surface area contributed by atoms with Gasteiger partial charge in [-0.2, -0.15) is 0 Å². The first-order chi connectivity index (χ1) is 16.8. The predicted molar refractivity (Wildman–Crippen MR) is 149 cm³/mol. The molecule has 1 aromatic heterocycles. The van der Waals surface area contributed by atoms with Crippen LogP contribution in [0.5, 0.6) is 0 Å². The lowest BCUT2D eigenvalue weighted by Gasteiger charge is -2.47. The standard InChI is InChI=1S/C26H39ClN6OS/c1-5-22-19-32(26-25(27)16-21(17-28-26)29-35(4)34)14-15-33(22)24-10-12-31(13-11-24)18-20-6-8-23(9-7-20)30(2)3/h6-9,16-17,22,24,29H,5,10-15,18-19H2,1-4H3/t22-,35?/m0/s1. The largest absolute Gasteiger partial charge is 0.378 e. The van der Waals surface area contributed by atoms with Crippen LogP contribution in [-0.4, -0.2) is 84.2 Å². The monoisotopic (exact) mass is 518 g/mol. The van der Waals surface area contributed by atoms with E-state index >= 15 is 0 Å². The minimum atomic E-state index is -1.14. The molecule has 35 heavy (non-hydrogen) atoms. The Morgan fingerprint density at radius 1 is 1.14 bits per heavy atom. The van der Waals surface area contributed by atoms with Crippen LogP contribution in [0.1, 0.15) is 31.7 Å². The number of halogens is 1. The molecule has 0 amide bonds. The van der Waals surface area contributed by atoms with Crippen molar-refractivity contribution in [3.8, 4) is 0 Å². The van der Waals surface area contributed by atoms with Gasteiger partial charge in [0.1, 0.15) is 16.8 Å². The second-order valence-electron chi connectivity index (χ2n) is 9.90. The van der Waals surface area contributed by atoms with Gasteiger partial charge in [0.2, 0.25) is 0 Å². The molecule has 2 aromatic rings. The molecule has 0 bridgehead atoms. The summed E-state index contributed by atoms with van der Waals surface area (Å²) in [4.78, 5) is 14.4. The summed E-state index contributed by atoms with van der Waals surface area (Å²) in [5.41, 5.74) is 3.33. The average molecular weight is 519 g/mol. The summed E-state index contributed by atoms with van der Waals surface area (Å²) < 4.78 is 14.3. The van der Waals surface area contributed by atoms with Gasteiger partial charge in [-0.05, 0) is 56.1 Å². The van der Waals surface area contributed by atoms with Crippen molar-refractivity contribution in [3.05, 3.63) is 47.1 Å². The van der Waals surface area contributed by atoms with Crippen LogP contribution in [0.4, 0.5) is 17.2 Å². The smallest absolute Gasteiger partial charge is 0.147 e. The molecule has 1 aromatic carbocycles. The van der Waals surface area contributed by atoms with E-state index in [1.807, 2.05) is 6.07 Å². The maximum Gasteiger partial charge on any atom is 0.147 e. The number of hydrogen-bond acceptors (Lipinski definition) is 6. The topological polar surface area (TPSA) is 55.0 Å². The quantitative estimate of drug-likeness (QED) is 0.568. The summed E-state index contributed by atoms with van der Waals surface area (Å²) >= 11 is 6.56. The normalized spacial score (nSPS) is 21.2. The summed E-state index contributed by atoms with van der Waals surface area (Å²) in [6.45, 7) is 8.52. The SMILES string of the molecule is CC[C@H]1CN(c2ncc(NS(C)=O)cc2Cl)CCN1C1CCN(Cc2ccc(N(C)C)cc2)CC1. The molecular weight excluding hydrogens is 480 g/mol. The van der Waals surface area contributed by atoms with E-state index in [2.05, 4.69) is 74.6 Å². The number of rotatable bonds is 8. The number of piperidine rings is 1. The molecule has 1 N–H and O–H groups in total. The summed E-state index contributed by atoms with van der Waals surface area (Å²) in [5.74, 6) is 0.826. The van der Waals surface area contributed by atoms with E-state index in [0.717, 1.165) is 51.5 Å². The van der Waals surface area contributed by atoms with Crippen molar-refractivity contribution < 1.29 is 4.21 Å². The first-order valence-corrected chi connectivity index (χ1v) is 14.5. The van der Waals surface area contributed by atoms with Crippen LogP contribution in [0, 0.1) is 0 Å². The van der Waals surface area contributed by atoms with Gasteiger partial charge < -0.3 is 14.5 Å². The summed E-state index contributed by atoms with van der Waals surface area (Å²) in [6, 6.07) is 11.9. The van der Waals surface area contributed by atoms with Gasteiger partial charge >= 0.3 is 0 Å². The van der Waals surface area contributed by atoms with Crippen LogP contribution in [0.25, 0.3) is 0 Å². The summed E-state index contributed by atoms with van der Waals surface area (Å²) in [6.07, 6.45) is 6.88. The van der Waals surface area contributed by atoms with Gasteiger partial charge in [-0.1, -0.05) is 30.7 Å². The second-order valence-corrected chi connectivity index (χ2v) is 11.4. The van der Waals surface area contributed by atoms with Crippen LogP contribution in [-0.2, 0) is 17.5 Å². The van der Waals surface area contributed by atoms with E-state index in [1.54, 1.807) is 12.5 Å². The highest BCUT2D eigenvalue weighted by atomic mass is 35.5. The molecule has 2 saturated heterocycles. The number of pyridine rings is 1. The molecule has 9 heteroatoms. The molecule has 192 valence electrons. The van der Waals surface area contributed by atoms with Crippen LogP contribution >= 0.6 is 11.6 Å². The Morgan fingerprint density at radius 2 is 1.86 bits per heavy atom. The lowest BCUT2D eigenvalue weighted by Crippen LogP contribution is -2.58. The van der Waals surface area contributed by atoms with Crippen molar-refractivity contribution in [1.29, 1.82) is 0 Å². The zero-order chi connectivity index (χ0) is 24.9. The first kappa shape index (κ1) is 26.2. The molecule has 0 radical (unpaired) electrons. The zero-order valence-electron chi connectivity index (χ0n) is 21.4. The van der Waals surface area contributed by atoms with E-state index in [1.165, 1.54) is 24.1 Å². The maximum atomic E-state index is 11.4. The minimum absolute atomic E-state index is 0.498. The van der Waals surface area contributed by atoms with Crippen molar-refractivity contribution in [2.45, 2.75) is 44.8 Å². The van der Waals surface area contributed by atoms with Crippen molar-refractivity contribution in [1.82, 2.24) is 14.8 Å². The summed E-state index contributed by atoms with van der Waals surface area (Å²) in [5, 5.41) is 0.607. The molecule has 1 unspecified atom stereocenters. The van der Waals surface area contributed by atoms with Crippen LogP contribution in [0.3, 0.4) is 0 Å². The molecule has 2 fully saturated rings. The zero-order valence-corrected chi connectivity index (χ0v) is 23.0. The Bertz CT molecular complexity index is 996. The number of nitrogens with one attached hydrogen (secondary N) is 1. The van der Waals surface area contributed by atoms with E-state index in [-0.39, 0.29) is 0 Å². The predicted octanol–water partition coefficient (Wildman–Crippen LogP) is 4.07. The van der Waals surface area contributed by atoms with Crippen molar-refractivity contribution in [3.63, 3.8) is 0 Å². The highest BCUT2D eigenvalue weighted by Crippen LogP contribution is 2.30. The average Bonchev–Trinajstić information content (AvgIpc) is 2.84. The highest BCUT2D eigenvalue weighted by molar-refractivity contribution is 7.85. The lowest BCUT2D eigenvalue weighted by molar-refractivity contribution is 0.0610. The Morgan fingerprint density at radius 3 is 2.46 bits per heavy atom. The molecule has 7 nitrogen and oxygen atoms in total. The van der Waals surface area contributed by atoms with Gasteiger partial charge in [-0.25, -0.2) is 9.19 Å². The fourth-order valence-electron chi connectivity index (χ4n) is 5.36. The van der Waals surface area contributed by atoms with Gasteiger partial charge in [0.05, 0.1) is 16.9 Å². The Balaban J connectivity index is 1.31. The molecule has 3 heterocycles. The number of nitrogens with zero attached hydrogens (tertiary/aromatic N) is 5. The van der Waals surface area contributed by atoms with Gasteiger partial charge in [-0.15, -0.1) is 0 Å². The van der Waals surface area contributed by atoms with Crippen molar-refractivity contribution in [2.24, 2.45) is 0 Å². The number of anilines is 3. The van der Waals surface area contributed by atoms with E-state index in [9.17, 15) is 4.21 Å². The number of piperazine rings is 1. The van der Waals surface area contributed by atoms with Gasteiger partial charge in [-0.3, -0.25) is 9.80 Å². The lowest BCUT2D eigenvalue weighted by atomic mass is 9.98. The van der Waals surface area contributed by atoms with Crippen LogP contribution < -0.4 is 14.5 Å². The van der Waals surface area contributed by atoms with E-state index in [0.29, 0.717) is 22.8 Å². The van der Waals surface area contributed by atoms with Crippen LogP contribution in [0.15, 0.2) is 36.5 Å². The molecule has 2 aliphatic rings. The third kappa shape index (κ3) is 6.67. The number of benzene rings is 1. The fraction of sp³-hybridized carbons (Fsp3) is 0.577. The van der Waals surface area contributed by atoms with E-state index in [4.69, 9.17) is 11.6 Å². The van der Waals surface area contributed by atoms with Gasteiger partial charge in [0.15, 0.2) is 0 Å². The van der Waals surface area contributed by atoms with E-state index < -0.39 is 11.0 Å². The number of aromatic nitrogens is 1. The third-order valence-electron chi connectivity index (χ3n) is 7.27. The first-order valence-electron chi connectivity index (χ1n) is 12.6. The fourth-order valence-corrected chi connectivity index (χ4v) is 6.09. The number of likely N-dealkylation sites (tertiary alicyclic amines) is 1. The highest BCUT2D eigenvalue weighted by Gasteiger charge is 2.33. The Hall–Kier alpha value is -1.87. The van der Waals surface area contributed by atoms with Gasteiger partial charge in [0, 0.05) is 64.3 Å². The Kier molecular flexibility index (Phi) is 8.92. The molecule has 4 rings (SSSR count).